The van der Waals surface area contributed by atoms with Crippen LogP contribution in [-0.2, 0) is 26.3 Å². The average Bonchev–Trinajstić information content (AvgIpc) is 2.73. The molecule has 0 aliphatic carbocycles. The van der Waals surface area contributed by atoms with E-state index < -0.39 is 17.5 Å². The minimum Gasteiger partial charge on any atom is -0.478 e. The highest BCUT2D eigenvalue weighted by Crippen LogP contribution is 2.25. The second kappa shape index (κ2) is 11.8. The Morgan fingerprint density at radius 1 is 1.07 bits per heavy atom. The standard InChI is InChI=1S/C18H19N3O.C4H4O4/c1-18(21-17(22)13-20,16-8-3-2-4-9-16)11-14-6-5-7-15(10-14)12-19;5-3(6)1-2-4(7)8/h2-10H,11,13,20H2,1H3,(H,21,22);1-2H,(H,5,6)(H,7,8)/b;2-1-. The van der Waals surface area contributed by atoms with Crippen LogP contribution in [-0.4, -0.2) is 34.6 Å². The van der Waals surface area contributed by atoms with Crippen LogP contribution in [0, 0.1) is 11.3 Å². The van der Waals surface area contributed by atoms with Crippen molar-refractivity contribution in [2.24, 2.45) is 5.73 Å². The lowest BCUT2D eigenvalue weighted by Gasteiger charge is -2.32. The van der Waals surface area contributed by atoms with Crippen LogP contribution in [0.2, 0.25) is 0 Å². The van der Waals surface area contributed by atoms with E-state index in [1.807, 2.05) is 55.5 Å². The van der Waals surface area contributed by atoms with Crippen molar-refractivity contribution < 1.29 is 24.6 Å². The quantitative estimate of drug-likeness (QED) is 0.508. The lowest BCUT2D eigenvalue weighted by atomic mass is 9.85. The molecule has 2 aromatic carbocycles. The predicted octanol–water partition coefficient (Wildman–Crippen LogP) is 1.80. The van der Waals surface area contributed by atoms with Crippen molar-refractivity contribution >= 4 is 17.8 Å². The lowest BCUT2D eigenvalue weighted by molar-refractivity contribution is -0.134. The Morgan fingerprint density at radius 2 is 1.67 bits per heavy atom. The molecule has 0 heterocycles. The zero-order chi connectivity index (χ0) is 22.6. The minimum atomic E-state index is -1.26. The third-order valence-electron chi connectivity index (χ3n) is 3.99. The van der Waals surface area contributed by atoms with E-state index in [9.17, 15) is 14.4 Å². The third kappa shape index (κ3) is 8.37. The highest BCUT2D eigenvalue weighted by atomic mass is 16.4. The lowest BCUT2D eigenvalue weighted by Crippen LogP contribution is -2.47. The number of nitrogens with zero attached hydrogens (tertiary/aromatic N) is 1. The number of nitrogens with two attached hydrogens (primary N) is 1. The molecule has 2 rings (SSSR count). The molecule has 156 valence electrons. The molecule has 30 heavy (non-hydrogen) atoms. The van der Waals surface area contributed by atoms with Crippen LogP contribution in [0.4, 0.5) is 0 Å². The molecule has 0 aromatic heterocycles. The summed E-state index contributed by atoms with van der Waals surface area (Å²) in [6, 6.07) is 19.3. The Bertz CT molecular complexity index is 935. The Labute approximate surface area is 174 Å². The fraction of sp³-hybridized carbons (Fsp3) is 0.182. The van der Waals surface area contributed by atoms with E-state index in [-0.39, 0.29) is 12.5 Å². The molecule has 0 aliphatic heterocycles. The van der Waals surface area contributed by atoms with Crippen molar-refractivity contribution in [2.75, 3.05) is 6.54 Å². The first-order valence-electron chi connectivity index (χ1n) is 8.89. The summed E-state index contributed by atoms with van der Waals surface area (Å²) in [5.74, 6) is -2.72. The maximum absolute atomic E-state index is 11.8. The van der Waals surface area contributed by atoms with Crippen molar-refractivity contribution in [1.29, 1.82) is 5.26 Å². The van der Waals surface area contributed by atoms with Gasteiger partial charge in [0.05, 0.1) is 23.7 Å². The number of carboxylic acid groups (broad SMARTS) is 2. The Morgan fingerprint density at radius 3 is 2.17 bits per heavy atom. The van der Waals surface area contributed by atoms with E-state index in [2.05, 4.69) is 11.4 Å². The van der Waals surface area contributed by atoms with Gasteiger partial charge in [0.2, 0.25) is 5.91 Å². The average molecular weight is 409 g/mol. The molecule has 5 N–H and O–H groups in total. The Kier molecular flexibility index (Phi) is 9.46. The van der Waals surface area contributed by atoms with Gasteiger partial charge >= 0.3 is 11.9 Å². The minimum absolute atomic E-state index is 0.0549. The highest BCUT2D eigenvalue weighted by molar-refractivity contribution is 5.89. The molecule has 2 aromatic rings. The number of aliphatic carboxylic acids is 2. The number of hydrogen-bond acceptors (Lipinski definition) is 5. The second-order valence-corrected chi connectivity index (χ2v) is 6.45. The number of carbonyl (C=O) groups is 3. The molecule has 0 spiro atoms. The largest absolute Gasteiger partial charge is 0.478 e. The maximum atomic E-state index is 11.8. The van der Waals surface area contributed by atoms with Crippen LogP contribution >= 0.6 is 0 Å². The summed E-state index contributed by atoms with van der Waals surface area (Å²) in [7, 11) is 0. The number of amides is 1. The van der Waals surface area contributed by atoms with Gasteiger partial charge in [-0.25, -0.2) is 9.59 Å². The topological polar surface area (TPSA) is 154 Å². The molecule has 1 atom stereocenters. The van der Waals surface area contributed by atoms with Gasteiger partial charge in [0.25, 0.3) is 0 Å². The second-order valence-electron chi connectivity index (χ2n) is 6.45. The fourth-order valence-electron chi connectivity index (χ4n) is 2.68. The number of carboxylic acids is 2. The van der Waals surface area contributed by atoms with Crippen molar-refractivity contribution in [1.82, 2.24) is 5.32 Å². The van der Waals surface area contributed by atoms with Crippen LogP contribution < -0.4 is 11.1 Å². The monoisotopic (exact) mass is 409 g/mol. The Balaban J connectivity index is 0.000000479. The van der Waals surface area contributed by atoms with Gasteiger partial charge in [-0.15, -0.1) is 0 Å². The summed E-state index contributed by atoms with van der Waals surface area (Å²) >= 11 is 0. The zero-order valence-corrected chi connectivity index (χ0v) is 16.4. The SMILES string of the molecule is CC(Cc1cccc(C#N)c1)(NC(=O)CN)c1ccccc1.O=C(O)/C=C\C(=O)O. The number of carbonyl (C=O) groups excluding carboxylic acids is 1. The fourth-order valence-corrected chi connectivity index (χ4v) is 2.68. The van der Waals surface area contributed by atoms with Crippen LogP contribution in [0.3, 0.4) is 0 Å². The summed E-state index contributed by atoms with van der Waals surface area (Å²) in [5, 5.41) is 27.6. The molecule has 8 nitrogen and oxygen atoms in total. The summed E-state index contributed by atoms with van der Waals surface area (Å²) in [5.41, 5.74) is 7.46. The van der Waals surface area contributed by atoms with Gasteiger partial charge in [-0.05, 0) is 36.6 Å². The van der Waals surface area contributed by atoms with E-state index >= 15 is 0 Å². The first kappa shape index (κ1) is 24.1. The molecule has 0 saturated heterocycles. The van der Waals surface area contributed by atoms with E-state index in [1.54, 1.807) is 6.07 Å². The Hall–Kier alpha value is -3.96. The highest BCUT2D eigenvalue weighted by Gasteiger charge is 2.28. The number of nitriles is 1. The number of benzene rings is 2. The van der Waals surface area contributed by atoms with Crippen molar-refractivity contribution in [3.8, 4) is 6.07 Å². The van der Waals surface area contributed by atoms with E-state index in [0.29, 0.717) is 24.1 Å². The number of nitrogens with one attached hydrogen (secondary N) is 1. The molecule has 1 unspecified atom stereocenters. The maximum Gasteiger partial charge on any atom is 0.328 e. The number of hydrogen-bond donors (Lipinski definition) is 4. The van der Waals surface area contributed by atoms with E-state index in [0.717, 1.165) is 11.1 Å². The van der Waals surface area contributed by atoms with Crippen molar-refractivity contribution in [3.63, 3.8) is 0 Å². The van der Waals surface area contributed by atoms with Gasteiger partial charge in [0, 0.05) is 12.2 Å². The smallest absolute Gasteiger partial charge is 0.328 e. The molecule has 0 fully saturated rings. The third-order valence-corrected chi connectivity index (χ3v) is 3.99. The number of rotatable bonds is 7. The van der Waals surface area contributed by atoms with Crippen LogP contribution in [0.1, 0.15) is 23.6 Å². The van der Waals surface area contributed by atoms with E-state index in [4.69, 9.17) is 21.2 Å². The molecule has 0 bridgehead atoms. The predicted molar refractivity (Wildman–Crippen MR) is 110 cm³/mol. The molecular weight excluding hydrogens is 386 g/mol. The first-order chi connectivity index (χ1) is 14.2. The molecular formula is C22H23N3O5. The molecule has 1 amide bonds. The van der Waals surface area contributed by atoms with Crippen molar-refractivity contribution in [3.05, 3.63) is 83.4 Å². The molecule has 8 heteroatoms. The van der Waals surface area contributed by atoms with Crippen LogP contribution in [0.15, 0.2) is 66.7 Å². The van der Waals surface area contributed by atoms with Gasteiger partial charge in [-0.3, -0.25) is 4.79 Å². The van der Waals surface area contributed by atoms with Gasteiger partial charge in [-0.2, -0.15) is 5.26 Å². The summed E-state index contributed by atoms with van der Waals surface area (Å²) < 4.78 is 0. The molecule has 0 radical (unpaired) electrons. The normalized spacial score (nSPS) is 12.0. The zero-order valence-electron chi connectivity index (χ0n) is 16.4. The van der Waals surface area contributed by atoms with Gasteiger partial charge in [0.1, 0.15) is 0 Å². The van der Waals surface area contributed by atoms with Gasteiger partial charge in [0.15, 0.2) is 0 Å². The van der Waals surface area contributed by atoms with Crippen molar-refractivity contribution in [2.45, 2.75) is 18.9 Å². The summed E-state index contributed by atoms with van der Waals surface area (Å²) in [6.45, 7) is 1.91. The van der Waals surface area contributed by atoms with Gasteiger partial charge in [-0.1, -0.05) is 42.5 Å². The van der Waals surface area contributed by atoms with E-state index in [1.165, 1.54) is 0 Å². The molecule has 0 aliphatic rings. The summed E-state index contributed by atoms with van der Waals surface area (Å²) in [6.07, 6.45) is 1.70. The first-order valence-corrected chi connectivity index (χ1v) is 8.89. The van der Waals surface area contributed by atoms with Crippen LogP contribution in [0.5, 0.6) is 0 Å². The summed E-state index contributed by atoms with van der Waals surface area (Å²) in [4.78, 5) is 30.9. The van der Waals surface area contributed by atoms with Gasteiger partial charge < -0.3 is 21.3 Å². The molecule has 0 saturated carbocycles. The van der Waals surface area contributed by atoms with Crippen LogP contribution in [0.25, 0.3) is 0 Å².